The van der Waals surface area contributed by atoms with E-state index < -0.39 is 0 Å². The third kappa shape index (κ3) is 1.96. The zero-order valence-corrected chi connectivity index (χ0v) is 9.79. The van der Waals surface area contributed by atoms with Crippen LogP contribution in [0.5, 0.6) is 0 Å². The molecule has 2 N–H and O–H groups in total. The summed E-state index contributed by atoms with van der Waals surface area (Å²) >= 11 is 6.12. The Morgan fingerprint density at radius 1 is 1.38 bits per heavy atom. The lowest BCUT2D eigenvalue weighted by Crippen LogP contribution is -2.04. The lowest BCUT2D eigenvalue weighted by atomic mass is 10.0. The first kappa shape index (κ1) is 11.2. The second-order valence-electron chi connectivity index (χ2n) is 3.59. The fourth-order valence-electron chi connectivity index (χ4n) is 1.68. The summed E-state index contributed by atoms with van der Waals surface area (Å²) in [7, 11) is 0. The van der Waals surface area contributed by atoms with Crippen LogP contribution in [0.3, 0.4) is 0 Å². The zero-order chi connectivity index (χ0) is 11.5. The zero-order valence-electron chi connectivity index (χ0n) is 9.03. The number of aryl methyl sites for hydroxylation is 1. The van der Waals surface area contributed by atoms with E-state index in [0.717, 1.165) is 29.0 Å². The predicted octanol–water partition coefficient (Wildman–Crippen LogP) is 2.80. The second-order valence-corrected chi connectivity index (χ2v) is 4.00. The highest BCUT2D eigenvalue weighted by Crippen LogP contribution is 2.31. The molecule has 0 saturated carbocycles. The number of benzene rings is 1. The molecule has 4 heteroatoms. The Kier molecular flexibility index (Phi) is 3.27. The molecule has 0 spiro atoms. The van der Waals surface area contributed by atoms with Crippen molar-refractivity contribution in [3.8, 4) is 11.3 Å². The van der Waals surface area contributed by atoms with Gasteiger partial charge in [0.25, 0.3) is 0 Å². The fraction of sp³-hybridized carbons (Fsp3) is 0.250. The SMILES string of the molecule is Cc1noc(-c2ccccc2Cl)c1CCN. The molecule has 3 nitrogen and oxygen atoms in total. The summed E-state index contributed by atoms with van der Waals surface area (Å²) in [6.45, 7) is 2.48. The Hall–Kier alpha value is -1.32. The third-order valence-electron chi connectivity index (χ3n) is 2.50. The van der Waals surface area contributed by atoms with Gasteiger partial charge in [0.1, 0.15) is 0 Å². The minimum Gasteiger partial charge on any atom is -0.356 e. The first-order chi connectivity index (χ1) is 7.74. The molecule has 16 heavy (non-hydrogen) atoms. The van der Waals surface area contributed by atoms with E-state index in [1.165, 1.54) is 0 Å². The molecule has 1 heterocycles. The van der Waals surface area contributed by atoms with Gasteiger partial charge in [-0.3, -0.25) is 0 Å². The maximum atomic E-state index is 6.12. The standard InChI is InChI=1S/C12H13ClN2O/c1-8-9(6-7-14)12(16-15-8)10-4-2-3-5-11(10)13/h2-5H,6-7,14H2,1H3. The van der Waals surface area contributed by atoms with Crippen molar-refractivity contribution in [2.75, 3.05) is 6.54 Å². The molecule has 1 aromatic carbocycles. The number of hydrogen-bond donors (Lipinski definition) is 1. The first-order valence-electron chi connectivity index (χ1n) is 5.14. The van der Waals surface area contributed by atoms with E-state index in [1.807, 2.05) is 31.2 Å². The van der Waals surface area contributed by atoms with E-state index in [0.29, 0.717) is 11.6 Å². The minimum absolute atomic E-state index is 0.569. The van der Waals surface area contributed by atoms with Crippen molar-refractivity contribution in [3.63, 3.8) is 0 Å². The highest BCUT2D eigenvalue weighted by Gasteiger charge is 2.15. The van der Waals surface area contributed by atoms with Gasteiger partial charge in [0.2, 0.25) is 0 Å². The average molecular weight is 237 g/mol. The van der Waals surface area contributed by atoms with Crippen molar-refractivity contribution in [2.45, 2.75) is 13.3 Å². The topological polar surface area (TPSA) is 52.0 Å². The van der Waals surface area contributed by atoms with Gasteiger partial charge in [-0.05, 0) is 32.0 Å². The summed E-state index contributed by atoms with van der Waals surface area (Å²) in [6, 6.07) is 7.56. The molecule has 0 atom stereocenters. The second kappa shape index (κ2) is 4.68. The maximum Gasteiger partial charge on any atom is 0.171 e. The lowest BCUT2D eigenvalue weighted by molar-refractivity contribution is 0.426. The molecule has 0 aliphatic carbocycles. The molecule has 1 aromatic heterocycles. The van der Waals surface area contributed by atoms with Crippen LogP contribution >= 0.6 is 11.6 Å². The molecule has 0 fully saturated rings. The summed E-state index contributed by atoms with van der Waals surface area (Å²) < 4.78 is 5.32. The van der Waals surface area contributed by atoms with Gasteiger partial charge in [-0.25, -0.2) is 0 Å². The van der Waals surface area contributed by atoms with Crippen molar-refractivity contribution in [3.05, 3.63) is 40.5 Å². The molecule has 0 amide bonds. The Labute approximate surface area is 99.2 Å². The fourth-order valence-corrected chi connectivity index (χ4v) is 1.91. The number of nitrogens with two attached hydrogens (primary N) is 1. The lowest BCUT2D eigenvalue weighted by Gasteiger charge is -2.02. The number of aromatic nitrogens is 1. The van der Waals surface area contributed by atoms with Gasteiger partial charge in [0, 0.05) is 11.1 Å². The third-order valence-corrected chi connectivity index (χ3v) is 2.83. The van der Waals surface area contributed by atoms with Crippen LogP contribution < -0.4 is 5.73 Å². The molecule has 0 radical (unpaired) electrons. The van der Waals surface area contributed by atoms with E-state index >= 15 is 0 Å². The van der Waals surface area contributed by atoms with Crippen LogP contribution in [0.1, 0.15) is 11.3 Å². The van der Waals surface area contributed by atoms with E-state index in [-0.39, 0.29) is 0 Å². The highest BCUT2D eigenvalue weighted by atomic mass is 35.5. The van der Waals surface area contributed by atoms with Crippen LogP contribution in [0, 0.1) is 6.92 Å². The molecule has 0 unspecified atom stereocenters. The maximum absolute atomic E-state index is 6.12. The summed E-state index contributed by atoms with van der Waals surface area (Å²) in [4.78, 5) is 0. The van der Waals surface area contributed by atoms with Gasteiger partial charge in [0.15, 0.2) is 5.76 Å². The quantitative estimate of drug-likeness (QED) is 0.892. The van der Waals surface area contributed by atoms with Crippen molar-refractivity contribution in [1.29, 1.82) is 0 Å². The Morgan fingerprint density at radius 2 is 2.12 bits per heavy atom. The van der Waals surface area contributed by atoms with Crippen LogP contribution in [-0.4, -0.2) is 11.7 Å². The smallest absolute Gasteiger partial charge is 0.171 e. The molecule has 0 aliphatic rings. The molecule has 0 saturated heterocycles. The highest BCUT2D eigenvalue weighted by molar-refractivity contribution is 6.33. The van der Waals surface area contributed by atoms with E-state index in [4.69, 9.17) is 21.9 Å². The van der Waals surface area contributed by atoms with Gasteiger partial charge in [0.05, 0.1) is 10.7 Å². The normalized spacial score (nSPS) is 10.7. The number of nitrogens with zero attached hydrogens (tertiary/aromatic N) is 1. The molecule has 0 aliphatic heterocycles. The van der Waals surface area contributed by atoms with E-state index in [2.05, 4.69) is 5.16 Å². The Morgan fingerprint density at radius 3 is 2.81 bits per heavy atom. The van der Waals surface area contributed by atoms with Gasteiger partial charge >= 0.3 is 0 Å². The first-order valence-corrected chi connectivity index (χ1v) is 5.52. The van der Waals surface area contributed by atoms with E-state index in [1.54, 1.807) is 0 Å². The predicted molar refractivity (Wildman–Crippen MR) is 64.4 cm³/mol. The number of rotatable bonds is 3. The van der Waals surface area contributed by atoms with Crippen LogP contribution in [0.25, 0.3) is 11.3 Å². The molecule has 2 rings (SSSR count). The number of halogens is 1. The molecule has 0 bridgehead atoms. The largest absolute Gasteiger partial charge is 0.356 e. The van der Waals surface area contributed by atoms with Gasteiger partial charge in [-0.15, -0.1) is 0 Å². The summed E-state index contributed by atoms with van der Waals surface area (Å²) in [5.74, 6) is 0.730. The number of hydrogen-bond acceptors (Lipinski definition) is 3. The van der Waals surface area contributed by atoms with E-state index in [9.17, 15) is 0 Å². The van der Waals surface area contributed by atoms with Gasteiger partial charge in [-0.1, -0.05) is 28.9 Å². The van der Waals surface area contributed by atoms with Crippen molar-refractivity contribution >= 4 is 11.6 Å². The molecule has 2 aromatic rings. The minimum atomic E-state index is 0.569. The average Bonchev–Trinajstić information content (AvgIpc) is 2.62. The van der Waals surface area contributed by atoms with Crippen LogP contribution in [-0.2, 0) is 6.42 Å². The van der Waals surface area contributed by atoms with Crippen LogP contribution in [0.15, 0.2) is 28.8 Å². The molecular weight excluding hydrogens is 224 g/mol. The summed E-state index contributed by atoms with van der Waals surface area (Å²) in [5, 5.41) is 4.63. The summed E-state index contributed by atoms with van der Waals surface area (Å²) in [6.07, 6.45) is 0.746. The molecular formula is C12H13ClN2O. The molecule has 84 valence electrons. The van der Waals surface area contributed by atoms with Crippen LogP contribution in [0.4, 0.5) is 0 Å². The van der Waals surface area contributed by atoms with Crippen LogP contribution in [0.2, 0.25) is 5.02 Å². The monoisotopic (exact) mass is 236 g/mol. The van der Waals surface area contributed by atoms with Gasteiger partial charge < -0.3 is 10.3 Å². The Balaban J connectivity index is 2.52. The van der Waals surface area contributed by atoms with Crippen molar-refractivity contribution < 1.29 is 4.52 Å². The summed E-state index contributed by atoms with van der Waals surface area (Å²) in [5.41, 5.74) is 8.35. The Bertz CT molecular complexity index is 494. The van der Waals surface area contributed by atoms with Crippen molar-refractivity contribution in [1.82, 2.24) is 5.16 Å². The van der Waals surface area contributed by atoms with Gasteiger partial charge in [-0.2, -0.15) is 0 Å². The van der Waals surface area contributed by atoms with Crippen molar-refractivity contribution in [2.24, 2.45) is 5.73 Å².